The zero-order valence-corrected chi connectivity index (χ0v) is 17.1. The van der Waals surface area contributed by atoms with E-state index in [2.05, 4.69) is 5.32 Å². The average Bonchev–Trinajstić information content (AvgIpc) is 2.67. The van der Waals surface area contributed by atoms with Gasteiger partial charge in [0.15, 0.2) is 0 Å². The van der Waals surface area contributed by atoms with Gasteiger partial charge in [0, 0.05) is 18.7 Å². The lowest BCUT2D eigenvalue weighted by Crippen LogP contribution is -2.36. The molecule has 2 rings (SSSR count). The van der Waals surface area contributed by atoms with Crippen LogP contribution in [0.15, 0.2) is 53.4 Å². The fourth-order valence-electron chi connectivity index (χ4n) is 2.32. The molecule has 0 spiro atoms. The van der Waals surface area contributed by atoms with Crippen LogP contribution in [-0.2, 0) is 10.0 Å². The number of rotatable bonds is 7. The van der Waals surface area contributed by atoms with Crippen molar-refractivity contribution >= 4 is 21.6 Å². The Bertz CT molecular complexity index is 875. The number of nitrogens with one attached hydrogen (secondary N) is 1. The average molecular weight is 391 g/mol. The van der Waals surface area contributed by atoms with Crippen LogP contribution < -0.4 is 14.4 Å². The number of amides is 1. The second-order valence-electron chi connectivity index (χ2n) is 6.70. The molecular weight excluding hydrogens is 364 g/mol. The van der Waals surface area contributed by atoms with Crippen LogP contribution in [-0.4, -0.2) is 34.5 Å². The van der Waals surface area contributed by atoms with Crippen molar-refractivity contribution in [2.45, 2.75) is 31.7 Å². The Hall–Kier alpha value is -2.54. The minimum Gasteiger partial charge on any atom is -0.497 e. The molecule has 146 valence electrons. The maximum atomic E-state index is 12.8. The minimum absolute atomic E-state index is 0.0512. The molecule has 0 fully saturated rings. The van der Waals surface area contributed by atoms with Gasteiger partial charge in [-0.05, 0) is 61.4 Å². The molecule has 1 amide bonds. The predicted octanol–water partition coefficient (Wildman–Crippen LogP) is 3.29. The Labute approximate surface area is 161 Å². The molecule has 2 aromatic rings. The summed E-state index contributed by atoms with van der Waals surface area (Å²) < 4.78 is 31.8. The second kappa shape index (κ2) is 8.43. The number of carbonyl (C=O) groups is 1. The van der Waals surface area contributed by atoms with Crippen molar-refractivity contribution in [3.05, 3.63) is 54.1 Å². The molecule has 0 bridgehead atoms. The van der Waals surface area contributed by atoms with Crippen LogP contribution in [0.5, 0.6) is 5.75 Å². The number of sulfonamides is 1. The van der Waals surface area contributed by atoms with Crippen LogP contribution in [0.2, 0.25) is 0 Å². The quantitative estimate of drug-likeness (QED) is 0.787. The van der Waals surface area contributed by atoms with Gasteiger partial charge in [0.25, 0.3) is 15.9 Å². The standard InChI is InChI=1S/C20H26N2O4S/c1-14(2)15(3)21-20(23)16-6-8-17(9-7-16)22(4)27(24,25)19-12-10-18(26-5)11-13-19/h6-15H,1-5H3,(H,21,23). The van der Waals surface area contributed by atoms with Gasteiger partial charge in [-0.2, -0.15) is 0 Å². The molecule has 0 saturated heterocycles. The molecule has 27 heavy (non-hydrogen) atoms. The molecule has 0 aliphatic rings. The first kappa shape index (κ1) is 20.8. The third-order valence-electron chi connectivity index (χ3n) is 4.57. The lowest BCUT2D eigenvalue weighted by Gasteiger charge is -2.20. The monoisotopic (exact) mass is 390 g/mol. The lowest BCUT2D eigenvalue weighted by molar-refractivity contribution is 0.0930. The van der Waals surface area contributed by atoms with E-state index < -0.39 is 10.0 Å². The van der Waals surface area contributed by atoms with Crippen molar-refractivity contribution in [3.63, 3.8) is 0 Å². The minimum atomic E-state index is -3.70. The van der Waals surface area contributed by atoms with Gasteiger partial charge in [-0.1, -0.05) is 13.8 Å². The number of nitrogens with zero attached hydrogens (tertiary/aromatic N) is 1. The summed E-state index contributed by atoms with van der Waals surface area (Å²) in [6.07, 6.45) is 0. The van der Waals surface area contributed by atoms with Crippen molar-refractivity contribution in [2.75, 3.05) is 18.5 Å². The van der Waals surface area contributed by atoms with Crippen molar-refractivity contribution in [1.29, 1.82) is 0 Å². The van der Waals surface area contributed by atoms with E-state index in [1.165, 1.54) is 30.6 Å². The molecule has 7 heteroatoms. The molecule has 1 atom stereocenters. The predicted molar refractivity (Wildman–Crippen MR) is 107 cm³/mol. The molecule has 1 unspecified atom stereocenters. The Morgan fingerprint density at radius 3 is 2.04 bits per heavy atom. The highest BCUT2D eigenvalue weighted by Crippen LogP contribution is 2.24. The van der Waals surface area contributed by atoms with Crippen molar-refractivity contribution in [1.82, 2.24) is 5.32 Å². The van der Waals surface area contributed by atoms with Crippen molar-refractivity contribution in [3.8, 4) is 5.75 Å². The van der Waals surface area contributed by atoms with Gasteiger partial charge in [0.1, 0.15) is 5.75 Å². The van der Waals surface area contributed by atoms with Crippen LogP contribution in [0.3, 0.4) is 0 Å². The molecule has 0 heterocycles. The summed E-state index contributed by atoms with van der Waals surface area (Å²) in [4.78, 5) is 12.4. The second-order valence-corrected chi connectivity index (χ2v) is 8.67. The molecule has 0 aliphatic carbocycles. The molecule has 1 N–H and O–H groups in total. The largest absolute Gasteiger partial charge is 0.497 e. The highest BCUT2D eigenvalue weighted by molar-refractivity contribution is 7.92. The Morgan fingerprint density at radius 1 is 1.00 bits per heavy atom. The number of methoxy groups -OCH3 is 1. The zero-order chi connectivity index (χ0) is 20.2. The zero-order valence-electron chi connectivity index (χ0n) is 16.3. The molecule has 0 radical (unpaired) electrons. The normalized spacial score (nSPS) is 12.5. The number of hydrogen-bond donors (Lipinski definition) is 1. The summed E-state index contributed by atoms with van der Waals surface area (Å²) >= 11 is 0. The van der Waals surface area contributed by atoms with Crippen LogP contribution in [0.25, 0.3) is 0 Å². The number of anilines is 1. The summed E-state index contributed by atoms with van der Waals surface area (Å²) in [6.45, 7) is 6.02. The van der Waals surface area contributed by atoms with E-state index in [0.29, 0.717) is 22.9 Å². The molecule has 2 aromatic carbocycles. The molecule has 0 saturated carbocycles. The first-order valence-electron chi connectivity index (χ1n) is 8.70. The van der Waals surface area contributed by atoms with Gasteiger partial charge in [-0.25, -0.2) is 8.42 Å². The van der Waals surface area contributed by atoms with Gasteiger partial charge in [-0.15, -0.1) is 0 Å². The van der Waals surface area contributed by atoms with E-state index in [-0.39, 0.29) is 16.8 Å². The Kier molecular flexibility index (Phi) is 6.49. The molecule has 0 aliphatic heterocycles. The maximum absolute atomic E-state index is 12.8. The van der Waals surface area contributed by atoms with Gasteiger partial charge in [0.2, 0.25) is 0 Å². The van der Waals surface area contributed by atoms with Crippen LogP contribution in [0.4, 0.5) is 5.69 Å². The van der Waals surface area contributed by atoms with Crippen molar-refractivity contribution in [2.24, 2.45) is 5.92 Å². The Morgan fingerprint density at radius 2 is 1.56 bits per heavy atom. The van der Waals surface area contributed by atoms with E-state index >= 15 is 0 Å². The fraction of sp³-hybridized carbons (Fsp3) is 0.350. The van der Waals surface area contributed by atoms with Gasteiger partial charge < -0.3 is 10.1 Å². The van der Waals surface area contributed by atoms with E-state index in [4.69, 9.17) is 4.74 Å². The van der Waals surface area contributed by atoms with E-state index in [9.17, 15) is 13.2 Å². The summed E-state index contributed by atoms with van der Waals surface area (Å²) in [5.74, 6) is 0.736. The summed E-state index contributed by atoms with van der Waals surface area (Å²) in [5, 5.41) is 2.93. The van der Waals surface area contributed by atoms with E-state index in [1.807, 2.05) is 20.8 Å². The third kappa shape index (κ3) is 4.80. The Balaban J connectivity index is 2.18. The van der Waals surface area contributed by atoms with Crippen molar-refractivity contribution < 1.29 is 17.9 Å². The number of hydrogen-bond acceptors (Lipinski definition) is 4. The molecule has 6 nitrogen and oxygen atoms in total. The first-order chi connectivity index (χ1) is 12.7. The van der Waals surface area contributed by atoms with Crippen LogP contribution in [0.1, 0.15) is 31.1 Å². The van der Waals surface area contributed by atoms with E-state index in [1.54, 1.807) is 36.4 Å². The van der Waals surface area contributed by atoms with Gasteiger partial charge in [-0.3, -0.25) is 9.10 Å². The summed E-state index contributed by atoms with van der Waals surface area (Å²) in [6, 6.07) is 12.7. The fourth-order valence-corrected chi connectivity index (χ4v) is 3.52. The maximum Gasteiger partial charge on any atom is 0.264 e. The number of ether oxygens (including phenoxy) is 1. The highest BCUT2D eigenvalue weighted by Gasteiger charge is 2.21. The summed E-state index contributed by atoms with van der Waals surface area (Å²) in [5.41, 5.74) is 0.959. The van der Waals surface area contributed by atoms with E-state index in [0.717, 1.165) is 0 Å². The number of carbonyl (C=O) groups excluding carboxylic acids is 1. The lowest BCUT2D eigenvalue weighted by atomic mass is 10.1. The van der Waals surface area contributed by atoms with Crippen LogP contribution in [0, 0.1) is 5.92 Å². The molecular formula is C20H26N2O4S. The van der Waals surface area contributed by atoms with Gasteiger partial charge in [0.05, 0.1) is 17.7 Å². The van der Waals surface area contributed by atoms with Gasteiger partial charge >= 0.3 is 0 Å². The summed E-state index contributed by atoms with van der Waals surface area (Å²) in [7, 11) is -0.698. The first-order valence-corrected chi connectivity index (χ1v) is 10.1. The topological polar surface area (TPSA) is 75.7 Å². The highest BCUT2D eigenvalue weighted by atomic mass is 32.2. The van der Waals surface area contributed by atoms with Crippen LogP contribution >= 0.6 is 0 Å². The smallest absolute Gasteiger partial charge is 0.264 e. The number of benzene rings is 2. The third-order valence-corrected chi connectivity index (χ3v) is 6.37. The SMILES string of the molecule is COc1ccc(S(=O)(=O)N(C)c2ccc(C(=O)NC(C)C(C)C)cc2)cc1. The molecule has 0 aromatic heterocycles.